The molecule has 208 valence electrons. The van der Waals surface area contributed by atoms with Crippen molar-refractivity contribution < 1.29 is 0 Å². The first-order chi connectivity index (χ1) is 22.4. The van der Waals surface area contributed by atoms with Crippen molar-refractivity contribution in [2.24, 2.45) is 0 Å². The Morgan fingerprint density at radius 1 is 0.444 bits per heavy atom. The van der Waals surface area contributed by atoms with Gasteiger partial charge in [0.1, 0.15) is 0 Å². The summed E-state index contributed by atoms with van der Waals surface area (Å²) in [4.78, 5) is 2.48. The van der Waals surface area contributed by atoms with E-state index in [1.807, 2.05) is 0 Å². The molecule has 0 saturated heterocycles. The van der Waals surface area contributed by atoms with Gasteiger partial charge in [0.25, 0.3) is 0 Å². The molecule has 0 fully saturated rings. The predicted molar refractivity (Wildman–Crippen MR) is 191 cm³/mol. The molecular formula is C42H27BN2. The maximum atomic E-state index is 2.64. The highest BCUT2D eigenvalue weighted by molar-refractivity contribution is 6.90. The Morgan fingerprint density at radius 3 is 1.91 bits per heavy atom. The second-order valence-corrected chi connectivity index (χ2v) is 12.1. The van der Waals surface area contributed by atoms with E-state index in [2.05, 4.69) is 173 Å². The second kappa shape index (κ2) is 9.35. The molecule has 0 bridgehead atoms. The topological polar surface area (TPSA) is 8.17 Å². The molecule has 0 saturated carbocycles. The maximum absolute atomic E-state index is 2.64. The van der Waals surface area contributed by atoms with Crippen molar-refractivity contribution in [1.29, 1.82) is 0 Å². The largest absolute Gasteiger partial charge is 0.375 e. The fourth-order valence-corrected chi connectivity index (χ4v) is 7.95. The quantitative estimate of drug-likeness (QED) is 0.192. The summed E-state index contributed by atoms with van der Waals surface area (Å²) in [6.45, 7) is 0.00888. The highest BCUT2D eigenvalue weighted by Gasteiger charge is 2.43. The van der Waals surface area contributed by atoms with Crippen molar-refractivity contribution in [2.75, 3.05) is 4.90 Å². The zero-order valence-corrected chi connectivity index (χ0v) is 24.6. The minimum atomic E-state index is 0.00888. The van der Waals surface area contributed by atoms with E-state index in [-0.39, 0.29) is 6.85 Å². The minimum Gasteiger partial charge on any atom is -0.375 e. The lowest BCUT2D eigenvalue weighted by Gasteiger charge is -2.41. The molecule has 10 rings (SSSR count). The van der Waals surface area contributed by atoms with Gasteiger partial charge in [0.15, 0.2) is 0 Å². The number of nitrogens with zero attached hydrogens (tertiary/aromatic N) is 2. The van der Waals surface area contributed by atoms with Gasteiger partial charge in [0, 0.05) is 44.4 Å². The summed E-state index contributed by atoms with van der Waals surface area (Å²) in [5.41, 5.74) is 16.5. The van der Waals surface area contributed by atoms with Crippen molar-refractivity contribution in [3.8, 4) is 33.4 Å². The average Bonchev–Trinajstić information content (AvgIpc) is 3.45. The molecule has 45 heavy (non-hydrogen) atoms. The molecule has 0 atom stereocenters. The lowest BCUT2D eigenvalue weighted by Crippen LogP contribution is -2.56. The molecule has 8 aromatic rings. The van der Waals surface area contributed by atoms with Gasteiger partial charge in [-0.3, -0.25) is 0 Å². The first-order valence-electron chi connectivity index (χ1n) is 15.7. The van der Waals surface area contributed by atoms with Gasteiger partial charge >= 0.3 is 6.85 Å². The van der Waals surface area contributed by atoms with Crippen LogP contribution in [0.2, 0.25) is 0 Å². The molecular weight excluding hydrogens is 543 g/mol. The van der Waals surface area contributed by atoms with Crippen molar-refractivity contribution in [2.45, 2.75) is 0 Å². The van der Waals surface area contributed by atoms with Crippen LogP contribution in [0.4, 0.5) is 17.1 Å². The van der Waals surface area contributed by atoms with Crippen LogP contribution in [-0.2, 0) is 0 Å². The molecule has 2 aliphatic heterocycles. The van der Waals surface area contributed by atoms with Gasteiger partial charge in [-0.2, -0.15) is 0 Å². The number of aromatic nitrogens is 1. The van der Waals surface area contributed by atoms with E-state index in [0.717, 1.165) is 0 Å². The van der Waals surface area contributed by atoms with Crippen LogP contribution in [0.3, 0.4) is 0 Å². The van der Waals surface area contributed by atoms with Crippen LogP contribution in [0, 0.1) is 0 Å². The van der Waals surface area contributed by atoms with Crippen LogP contribution in [0.25, 0.3) is 55.2 Å². The predicted octanol–water partition coefficient (Wildman–Crippen LogP) is 9.55. The van der Waals surface area contributed by atoms with Crippen molar-refractivity contribution in [3.05, 3.63) is 164 Å². The van der Waals surface area contributed by atoms with Crippen LogP contribution in [-0.4, -0.2) is 11.3 Å². The summed E-state index contributed by atoms with van der Waals surface area (Å²) in [6.07, 6.45) is 0. The normalized spacial score (nSPS) is 12.8. The van der Waals surface area contributed by atoms with Gasteiger partial charge in [-0.15, -0.1) is 0 Å². The summed E-state index contributed by atoms with van der Waals surface area (Å²) in [5.74, 6) is 0. The number of benzene rings is 7. The van der Waals surface area contributed by atoms with Crippen molar-refractivity contribution in [3.63, 3.8) is 0 Å². The zero-order chi connectivity index (χ0) is 29.5. The third kappa shape index (κ3) is 3.41. The highest BCUT2D eigenvalue weighted by atomic mass is 15.2. The Morgan fingerprint density at radius 2 is 1.11 bits per heavy atom. The summed E-state index contributed by atoms with van der Waals surface area (Å²) in [6, 6.07) is 60.1. The minimum absolute atomic E-state index is 0.00888. The molecule has 0 unspecified atom stereocenters. The molecule has 2 aliphatic rings. The van der Waals surface area contributed by atoms with Crippen LogP contribution < -0.4 is 15.8 Å². The fourth-order valence-electron chi connectivity index (χ4n) is 7.95. The Hall–Kier alpha value is -5.80. The standard InChI is InChI=1S/C42H27BN2/c1-4-13-28(14-5-1)30-23-25-38-36(27-30)43-41-39(44(38)31-17-8-3-9-18-31)26-24-32(29-15-6-2-7-16-29)40(41)35-21-12-20-34-33-19-10-11-22-37(33)45(43)42(34)35/h1-27H. The van der Waals surface area contributed by atoms with Gasteiger partial charge in [-0.05, 0) is 69.1 Å². The molecule has 0 N–H and O–H groups in total. The Kier molecular flexibility index (Phi) is 5.12. The van der Waals surface area contributed by atoms with Crippen molar-refractivity contribution >= 4 is 56.6 Å². The SMILES string of the molecule is c1ccc(-c2ccc3c(c2)B2c4c(ccc(-c5ccccc5)c4-c4cccc5c6ccccc6n2c45)N3c2ccccc2)cc1. The van der Waals surface area contributed by atoms with E-state index in [1.165, 1.54) is 83.2 Å². The average molecular weight is 571 g/mol. The van der Waals surface area contributed by atoms with Crippen LogP contribution in [0.1, 0.15) is 0 Å². The van der Waals surface area contributed by atoms with Gasteiger partial charge in [0.2, 0.25) is 0 Å². The summed E-state index contributed by atoms with van der Waals surface area (Å²) in [5, 5.41) is 2.61. The maximum Gasteiger partial charge on any atom is 0.333 e. The molecule has 0 aliphatic carbocycles. The van der Waals surface area contributed by atoms with Crippen molar-refractivity contribution in [1.82, 2.24) is 4.48 Å². The zero-order valence-electron chi connectivity index (χ0n) is 24.6. The second-order valence-electron chi connectivity index (χ2n) is 12.1. The third-order valence-electron chi connectivity index (χ3n) is 9.76. The molecule has 0 radical (unpaired) electrons. The number of fused-ring (bicyclic) bond motifs is 7. The van der Waals surface area contributed by atoms with E-state index in [1.54, 1.807) is 0 Å². The van der Waals surface area contributed by atoms with Crippen LogP contribution in [0.15, 0.2) is 164 Å². The Bertz CT molecular complexity index is 2430. The first-order valence-corrected chi connectivity index (χ1v) is 15.7. The monoisotopic (exact) mass is 570 g/mol. The number of anilines is 3. The van der Waals surface area contributed by atoms with Crippen LogP contribution in [0.5, 0.6) is 0 Å². The van der Waals surface area contributed by atoms with Gasteiger partial charge < -0.3 is 9.38 Å². The Balaban J connectivity index is 1.40. The molecule has 3 heteroatoms. The Labute approximate surface area is 262 Å². The van der Waals surface area contributed by atoms with E-state index in [9.17, 15) is 0 Å². The highest BCUT2D eigenvalue weighted by Crippen LogP contribution is 2.48. The molecule has 0 amide bonds. The van der Waals surface area contributed by atoms with E-state index in [0.29, 0.717) is 0 Å². The number of para-hydroxylation sites is 3. The summed E-state index contributed by atoms with van der Waals surface area (Å²) < 4.78 is 2.64. The van der Waals surface area contributed by atoms with Crippen LogP contribution >= 0.6 is 0 Å². The van der Waals surface area contributed by atoms with E-state index < -0.39 is 0 Å². The molecule has 7 aromatic carbocycles. The first kappa shape index (κ1) is 24.6. The molecule has 2 nitrogen and oxygen atoms in total. The molecule has 1 aromatic heterocycles. The van der Waals surface area contributed by atoms with Gasteiger partial charge in [0.05, 0.1) is 0 Å². The van der Waals surface area contributed by atoms with E-state index >= 15 is 0 Å². The molecule has 0 spiro atoms. The summed E-state index contributed by atoms with van der Waals surface area (Å²) >= 11 is 0. The lowest BCUT2D eigenvalue weighted by atomic mass is 9.44. The molecule has 3 heterocycles. The lowest BCUT2D eigenvalue weighted by molar-refractivity contribution is 1.25. The fraction of sp³-hybridized carbons (Fsp3) is 0. The number of hydrogen-bond acceptors (Lipinski definition) is 1. The smallest absolute Gasteiger partial charge is 0.333 e. The number of hydrogen-bond donors (Lipinski definition) is 0. The number of rotatable bonds is 3. The third-order valence-corrected chi connectivity index (χ3v) is 9.76. The van der Waals surface area contributed by atoms with Gasteiger partial charge in [-0.25, -0.2) is 0 Å². The van der Waals surface area contributed by atoms with Gasteiger partial charge in [-0.1, -0.05) is 133 Å². The van der Waals surface area contributed by atoms with E-state index in [4.69, 9.17) is 0 Å². The summed E-state index contributed by atoms with van der Waals surface area (Å²) in [7, 11) is 0.